The first-order valence-electron chi connectivity index (χ1n) is 13.2. The van der Waals surface area contributed by atoms with Crippen LogP contribution < -0.4 is 0 Å². The lowest BCUT2D eigenvalue weighted by Gasteiger charge is -2.56. The van der Waals surface area contributed by atoms with E-state index in [1.807, 2.05) is 0 Å². The van der Waals surface area contributed by atoms with Gasteiger partial charge in [-0.3, -0.25) is 4.79 Å². The van der Waals surface area contributed by atoms with Gasteiger partial charge >= 0.3 is 5.97 Å². The summed E-state index contributed by atoms with van der Waals surface area (Å²) in [7, 11) is 0. The second-order valence-corrected chi connectivity index (χ2v) is 12.4. The Morgan fingerprint density at radius 1 is 1.10 bits per heavy atom. The van der Waals surface area contributed by atoms with Crippen LogP contribution >= 0.6 is 0 Å². The summed E-state index contributed by atoms with van der Waals surface area (Å²) in [6.45, 7) is 13.9. The SMILES string of the molecule is CC(=O)O[C@@H]1CC[C@@]2(C)[C@@H](CC=C3C4=CC[C@H]([C@H](C)CCCC(C)C)[C@@]4(C)CC[C@H]32)C1. The maximum atomic E-state index is 11.5. The Morgan fingerprint density at radius 2 is 1.87 bits per heavy atom. The van der Waals surface area contributed by atoms with E-state index in [1.54, 1.807) is 18.1 Å². The Balaban J connectivity index is 1.48. The Bertz CT molecular complexity index is 746. The van der Waals surface area contributed by atoms with Crippen molar-refractivity contribution in [2.24, 2.45) is 40.4 Å². The molecule has 2 nitrogen and oxygen atoms in total. The maximum Gasteiger partial charge on any atom is 0.302 e. The van der Waals surface area contributed by atoms with Gasteiger partial charge in [-0.15, -0.1) is 0 Å². The molecule has 4 aliphatic carbocycles. The number of fused-ring (bicyclic) bond motifs is 5. The van der Waals surface area contributed by atoms with E-state index < -0.39 is 0 Å². The Kier molecular flexibility index (Phi) is 6.50. The topological polar surface area (TPSA) is 26.3 Å². The fraction of sp³-hybridized carbons (Fsp3) is 0.828. The van der Waals surface area contributed by atoms with Crippen LogP contribution in [0.3, 0.4) is 0 Å². The number of carbonyl (C=O) groups is 1. The molecule has 0 aromatic rings. The summed E-state index contributed by atoms with van der Waals surface area (Å²) in [5.41, 5.74) is 4.21. The van der Waals surface area contributed by atoms with Crippen LogP contribution in [0.25, 0.3) is 0 Å². The molecule has 0 aliphatic heterocycles. The highest BCUT2D eigenvalue weighted by atomic mass is 16.5. The molecule has 0 radical (unpaired) electrons. The first kappa shape index (κ1) is 23.1. The van der Waals surface area contributed by atoms with Gasteiger partial charge < -0.3 is 4.74 Å². The van der Waals surface area contributed by atoms with Crippen molar-refractivity contribution in [3.05, 3.63) is 23.3 Å². The minimum atomic E-state index is -0.112. The summed E-state index contributed by atoms with van der Waals surface area (Å²) in [5.74, 6) is 3.73. The van der Waals surface area contributed by atoms with Crippen LogP contribution in [-0.4, -0.2) is 12.1 Å². The number of esters is 1. The van der Waals surface area contributed by atoms with E-state index in [1.165, 1.54) is 51.4 Å². The van der Waals surface area contributed by atoms with Gasteiger partial charge in [0.1, 0.15) is 6.10 Å². The molecule has 0 N–H and O–H groups in total. The van der Waals surface area contributed by atoms with E-state index in [0.717, 1.165) is 30.6 Å². The van der Waals surface area contributed by atoms with Gasteiger partial charge in [0.25, 0.3) is 0 Å². The van der Waals surface area contributed by atoms with Gasteiger partial charge in [-0.25, -0.2) is 0 Å². The van der Waals surface area contributed by atoms with Crippen LogP contribution in [0.2, 0.25) is 0 Å². The molecular formula is C29H46O2. The van der Waals surface area contributed by atoms with Gasteiger partial charge in [-0.1, -0.05) is 66.0 Å². The monoisotopic (exact) mass is 426 g/mol. The van der Waals surface area contributed by atoms with Gasteiger partial charge in [0.2, 0.25) is 0 Å². The molecule has 31 heavy (non-hydrogen) atoms. The number of rotatable bonds is 6. The highest BCUT2D eigenvalue weighted by molar-refractivity contribution is 5.66. The third kappa shape index (κ3) is 4.18. The molecule has 0 spiro atoms. The lowest BCUT2D eigenvalue weighted by molar-refractivity contribution is -0.151. The van der Waals surface area contributed by atoms with Gasteiger partial charge in [0.15, 0.2) is 0 Å². The summed E-state index contributed by atoms with van der Waals surface area (Å²) < 4.78 is 5.62. The first-order valence-corrected chi connectivity index (χ1v) is 13.2. The second kappa shape index (κ2) is 8.71. The van der Waals surface area contributed by atoms with Crippen LogP contribution in [0.1, 0.15) is 106 Å². The minimum Gasteiger partial charge on any atom is -0.463 e. The number of hydrogen-bond donors (Lipinski definition) is 0. The molecule has 0 aromatic carbocycles. The fourth-order valence-corrected chi connectivity index (χ4v) is 8.16. The Labute approximate surface area is 191 Å². The zero-order valence-corrected chi connectivity index (χ0v) is 21.0. The molecule has 0 heterocycles. The molecule has 174 valence electrons. The third-order valence-corrected chi connectivity index (χ3v) is 10.0. The van der Waals surface area contributed by atoms with Gasteiger partial charge in [-0.05, 0) is 96.5 Å². The van der Waals surface area contributed by atoms with Crippen molar-refractivity contribution in [1.29, 1.82) is 0 Å². The summed E-state index contributed by atoms with van der Waals surface area (Å²) >= 11 is 0. The van der Waals surface area contributed by atoms with E-state index >= 15 is 0 Å². The average Bonchev–Trinajstić information content (AvgIpc) is 3.05. The quantitative estimate of drug-likeness (QED) is 0.404. The largest absolute Gasteiger partial charge is 0.463 e. The Hall–Kier alpha value is -1.05. The van der Waals surface area contributed by atoms with E-state index in [4.69, 9.17) is 4.74 Å². The molecule has 0 saturated heterocycles. The Morgan fingerprint density at radius 3 is 2.58 bits per heavy atom. The number of carbonyl (C=O) groups excluding carboxylic acids is 1. The molecule has 0 bridgehead atoms. The minimum absolute atomic E-state index is 0.112. The highest BCUT2D eigenvalue weighted by Gasteiger charge is 2.55. The van der Waals surface area contributed by atoms with Crippen LogP contribution in [0, 0.1) is 40.4 Å². The highest BCUT2D eigenvalue weighted by Crippen LogP contribution is 2.65. The molecule has 4 rings (SSSR count). The third-order valence-electron chi connectivity index (χ3n) is 10.0. The molecule has 0 unspecified atom stereocenters. The van der Waals surface area contributed by atoms with Crippen molar-refractivity contribution in [3.63, 3.8) is 0 Å². The van der Waals surface area contributed by atoms with E-state index in [-0.39, 0.29) is 12.1 Å². The predicted octanol–water partition coefficient (Wildman–Crippen LogP) is 7.88. The number of allylic oxidation sites excluding steroid dienone is 4. The van der Waals surface area contributed by atoms with Crippen molar-refractivity contribution in [2.75, 3.05) is 0 Å². The first-order chi connectivity index (χ1) is 14.6. The molecular weight excluding hydrogens is 380 g/mol. The van der Waals surface area contributed by atoms with Crippen LogP contribution in [0.4, 0.5) is 0 Å². The fourth-order valence-electron chi connectivity index (χ4n) is 8.16. The molecule has 4 aliphatic rings. The van der Waals surface area contributed by atoms with Crippen molar-refractivity contribution < 1.29 is 9.53 Å². The molecule has 7 atom stereocenters. The number of hydrogen-bond acceptors (Lipinski definition) is 2. The van der Waals surface area contributed by atoms with Crippen molar-refractivity contribution in [1.82, 2.24) is 0 Å². The predicted molar refractivity (Wildman–Crippen MR) is 129 cm³/mol. The standard InChI is InChI=1S/C29H46O2/c1-19(2)8-7-9-20(3)25-12-13-26-24-11-10-22-18-23(31-21(4)30)14-16-28(22,5)27(24)15-17-29(25,26)6/h11,13,19-20,22-23,25,27H,7-10,12,14-18H2,1-6H3/t20-,22+,23-,25-,27-,28+,29-/m1/s1. The van der Waals surface area contributed by atoms with Crippen molar-refractivity contribution in [2.45, 2.75) is 112 Å². The normalized spacial score (nSPS) is 40.4. The zero-order valence-electron chi connectivity index (χ0n) is 21.0. The summed E-state index contributed by atoms with van der Waals surface area (Å²) in [4.78, 5) is 11.5. The molecule has 2 heteroatoms. The van der Waals surface area contributed by atoms with Gasteiger partial charge in [0.05, 0.1) is 0 Å². The number of ether oxygens (including phenoxy) is 1. The van der Waals surface area contributed by atoms with Gasteiger partial charge in [0, 0.05) is 6.92 Å². The zero-order chi connectivity index (χ0) is 22.4. The molecule has 0 amide bonds. The molecule has 2 saturated carbocycles. The summed E-state index contributed by atoms with van der Waals surface area (Å²) in [6.07, 6.45) is 18.0. The molecule has 2 fully saturated rings. The molecule has 0 aromatic heterocycles. The lowest BCUT2D eigenvalue weighted by Crippen LogP contribution is -2.48. The van der Waals surface area contributed by atoms with Crippen molar-refractivity contribution >= 4 is 5.97 Å². The maximum absolute atomic E-state index is 11.5. The second-order valence-electron chi connectivity index (χ2n) is 12.4. The van der Waals surface area contributed by atoms with Crippen molar-refractivity contribution in [3.8, 4) is 0 Å². The van der Waals surface area contributed by atoms with Gasteiger partial charge in [-0.2, -0.15) is 0 Å². The van der Waals surface area contributed by atoms with E-state index in [9.17, 15) is 4.79 Å². The van der Waals surface area contributed by atoms with E-state index in [2.05, 4.69) is 46.8 Å². The van der Waals surface area contributed by atoms with Crippen LogP contribution in [-0.2, 0) is 9.53 Å². The summed E-state index contributed by atoms with van der Waals surface area (Å²) in [5, 5.41) is 0. The van der Waals surface area contributed by atoms with E-state index in [0.29, 0.717) is 22.7 Å². The van der Waals surface area contributed by atoms with Crippen LogP contribution in [0.15, 0.2) is 23.3 Å². The summed E-state index contributed by atoms with van der Waals surface area (Å²) in [6, 6.07) is 0. The van der Waals surface area contributed by atoms with Crippen LogP contribution in [0.5, 0.6) is 0 Å². The average molecular weight is 427 g/mol. The smallest absolute Gasteiger partial charge is 0.302 e. The lowest BCUT2D eigenvalue weighted by atomic mass is 9.48.